The maximum Gasteiger partial charge on any atom is 0.243 e. The Morgan fingerprint density at radius 3 is 2.33 bits per heavy atom. The Hall–Kier alpha value is -2.47. The highest BCUT2D eigenvalue weighted by Crippen LogP contribution is 2.33. The molecule has 4 rings (SSSR count). The number of amides is 1. The molecule has 1 aliphatic heterocycles. The fourth-order valence-electron chi connectivity index (χ4n) is 4.42. The van der Waals surface area contributed by atoms with Gasteiger partial charge in [-0.15, -0.1) is 0 Å². The second kappa shape index (κ2) is 11.3. The van der Waals surface area contributed by atoms with E-state index in [1.807, 2.05) is 0 Å². The summed E-state index contributed by atoms with van der Waals surface area (Å²) in [6, 6.07) is 9.51. The van der Waals surface area contributed by atoms with E-state index in [4.69, 9.17) is 0 Å². The monoisotopic (exact) mass is 536 g/mol. The van der Waals surface area contributed by atoms with Gasteiger partial charge in [0.2, 0.25) is 15.9 Å². The van der Waals surface area contributed by atoms with Gasteiger partial charge in [0.15, 0.2) is 5.13 Å². The van der Waals surface area contributed by atoms with Crippen LogP contribution in [0.1, 0.15) is 26.7 Å². The third-order valence-electron chi connectivity index (χ3n) is 6.64. The first kappa shape index (κ1) is 26.6. The largest absolute Gasteiger partial charge is 0.302 e. The van der Waals surface area contributed by atoms with Crippen LogP contribution in [0.4, 0.5) is 13.9 Å². The number of fused-ring (bicyclic) bond motifs is 1. The molecule has 2 aromatic carbocycles. The van der Waals surface area contributed by atoms with Gasteiger partial charge in [0.25, 0.3) is 0 Å². The number of para-hydroxylation sites is 1. The van der Waals surface area contributed by atoms with Crippen LogP contribution < -0.4 is 4.90 Å². The first-order chi connectivity index (χ1) is 17.2. The van der Waals surface area contributed by atoms with E-state index in [0.29, 0.717) is 35.8 Å². The third-order valence-corrected chi connectivity index (χ3v) is 9.60. The van der Waals surface area contributed by atoms with Gasteiger partial charge < -0.3 is 4.90 Å². The number of hydrogen-bond donors (Lipinski definition) is 0. The summed E-state index contributed by atoms with van der Waals surface area (Å²) in [6.45, 7) is 7.23. The average Bonchev–Trinajstić information content (AvgIpc) is 3.32. The number of sulfonamides is 1. The SMILES string of the molecule is CCN(CC)CCN(C(=O)C1CCN(S(=O)(=O)c2ccc(F)cc2)CC1)c1nc2c(F)cccc2s1. The Labute approximate surface area is 214 Å². The Balaban J connectivity index is 1.52. The van der Waals surface area contributed by atoms with Crippen molar-refractivity contribution in [2.75, 3.05) is 44.2 Å². The number of aromatic nitrogens is 1. The molecule has 1 saturated heterocycles. The van der Waals surface area contributed by atoms with Gasteiger partial charge in [-0.25, -0.2) is 22.2 Å². The van der Waals surface area contributed by atoms with E-state index in [2.05, 4.69) is 23.7 Å². The minimum Gasteiger partial charge on any atom is -0.302 e. The van der Waals surface area contributed by atoms with E-state index < -0.39 is 21.7 Å². The van der Waals surface area contributed by atoms with Crippen LogP contribution in [0.25, 0.3) is 10.2 Å². The molecule has 0 radical (unpaired) electrons. The number of likely N-dealkylation sites (N-methyl/N-ethyl adjacent to an activating group) is 1. The molecule has 3 aromatic rings. The topological polar surface area (TPSA) is 73.8 Å². The lowest BCUT2D eigenvalue weighted by Crippen LogP contribution is -2.46. The molecule has 1 aliphatic rings. The van der Waals surface area contributed by atoms with Crippen molar-refractivity contribution in [3.05, 3.63) is 54.1 Å². The lowest BCUT2D eigenvalue weighted by molar-refractivity contribution is -0.123. The van der Waals surface area contributed by atoms with Gasteiger partial charge in [-0.05, 0) is 62.3 Å². The number of anilines is 1. The molecular formula is C25H30F2N4O3S2. The molecule has 0 saturated carbocycles. The molecule has 0 atom stereocenters. The molecule has 0 bridgehead atoms. The van der Waals surface area contributed by atoms with E-state index >= 15 is 0 Å². The van der Waals surface area contributed by atoms with E-state index in [9.17, 15) is 22.0 Å². The molecular weight excluding hydrogens is 506 g/mol. The molecule has 0 N–H and O–H groups in total. The molecule has 11 heteroatoms. The van der Waals surface area contributed by atoms with Crippen molar-refractivity contribution in [1.82, 2.24) is 14.2 Å². The predicted molar refractivity (Wildman–Crippen MR) is 138 cm³/mol. The minimum absolute atomic E-state index is 0.0334. The van der Waals surface area contributed by atoms with Crippen molar-refractivity contribution < 1.29 is 22.0 Å². The van der Waals surface area contributed by atoms with Crippen LogP contribution in [-0.2, 0) is 14.8 Å². The Morgan fingerprint density at radius 2 is 1.72 bits per heavy atom. The van der Waals surface area contributed by atoms with Gasteiger partial charge in [-0.2, -0.15) is 4.31 Å². The first-order valence-corrected chi connectivity index (χ1v) is 14.3. The van der Waals surface area contributed by atoms with Crippen molar-refractivity contribution in [2.45, 2.75) is 31.6 Å². The summed E-state index contributed by atoms with van der Waals surface area (Å²) < 4.78 is 55.5. The van der Waals surface area contributed by atoms with Crippen LogP contribution in [-0.4, -0.2) is 67.8 Å². The summed E-state index contributed by atoms with van der Waals surface area (Å²) in [5.74, 6) is -1.43. The van der Waals surface area contributed by atoms with E-state index in [1.165, 1.54) is 33.8 Å². The number of hydrogen-bond acceptors (Lipinski definition) is 6. The highest BCUT2D eigenvalue weighted by Gasteiger charge is 2.35. The highest BCUT2D eigenvalue weighted by atomic mass is 32.2. The quantitative estimate of drug-likeness (QED) is 0.407. The Bertz CT molecular complexity index is 1300. The molecule has 0 unspecified atom stereocenters. The zero-order valence-corrected chi connectivity index (χ0v) is 22.0. The zero-order valence-electron chi connectivity index (χ0n) is 20.4. The lowest BCUT2D eigenvalue weighted by Gasteiger charge is -2.33. The number of carbonyl (C=O) groups excluding carboxylic acids is 1. The van der Waals surface area contributed by atoms with Crippen LogP contribution in [0.15, 0.2) is 47.4 Å². The predicted octanol–water partition coefficient (Wildman–Crippen LogP) is 4.35. The molecule has 1 amide bonds. The van der Waals surface area contributed by atoms with Gasteiger partial charge in [-0.3, -0.25) is 9.69 Å². The molecule has 36 heavy (non-hydrogen) atoms. The van der Waals surface area contributed by atoms with Crippen molar-refractivity contribution in [3.8, 4) is 0 Å². The van der Waals surface area contributed by atoms with Crippen LogP contribution in [0.3, 0.4) is 0 Å². The van der Waals surface area contributed by atoms with Crippen molar-refractivity contribution in [2.24, 2.45) is 5.92 Å². The third kappa shape index (κ3) is 5.59. The minimum atomic E-state index is -3.77. The van der Waals surface area contributed by atoms with Gasteiger partial charge >= 0.3 is 0 Å². The number of carbonyl (C=O) groups is 1. The van der Waals surface area contributed by atoms with Crippen molar-refractivity contribution in [1.29, 1.82) is 0 Å². The summed E-state index contributed by atoms with van der Waals surface area (Å²) in [4.78, 5) is 22.0. The summed E-state index contributed by atoms with van der Waals surface area (Å²) in [6.07, 6.45) is 0.723. The molecule has 1 fully saturated rings. The van der Waals surface area contributed by atoms with Gasteiger partial charge in [0.05, 0.1) is 9.60 Å². The van der Waals surface area contributed by atoms with Crippen molar-refractivity contribution >= 4 is 42.6 Å². The number of nitrogens with zero attached hydrogens (tertiary/aromatic N) is 4. The maximum absolute atomic E-state index is 14.3. The molecule has 0 spiro atoms. The number of benzene rings is 2. The van der Waals surface area contributed by atoms with Crippen LogP contribution in [0.2, 0.25) is 0 Å². The highest BCUT2D eigenvalue weighted by molar-refractivity contribution is 7.89. The van der Waals surface area contributed by atoms with E-state index in [0.717, 1.165) is 25.2 Å². The maximum atomic E-state index is 14.3. The lowest BCUT2D eigenvalue weighted by atomic mass is 9.96. The summed E-state index contributed by atoms with van der Waals surface area (Å²) in [5, 5.41) is 0.452. The smallest absolute Gasteiger partial charge is 0.243 e. The van der Waals surface area contributed by atoms with Crippen LogP contribution >= 0.6 is 11.3 Å². The van der Waals surface area contributed by atoms with Gasteiger partial charge in [0, 0.05) is 32.1 Å². The first-order valence-electron chi connectivity index (χ1n) is 12.1. The molecule has 194 valence electrons. The molecule has 2 heterocycles. The van der Waals surface area contributed by atoms with E-state index in [-0.39, 0.29) is 35.3 Å². The number of piperidine rings is 1. The van der Waals surface area contributed by atoms with Crippen molar-refractivity contribution in [3.63, 3.8) is 0 Å². The second-order valence-electron chi connectivity index (χ2n) is 8.73. The summed E-state index contributed by atoms with van der Waals surface area (Å²) >= 11 is 1.28. The normalized spacial score (nSPS) is 15.6. The molecule has 7 nitrogen and oxygen atoms in total. The van der Waals surface area contributed by atoms with Gasteiger partial charge in [0.1, 0.15) is 17.2 Å². The molecule has 1 aromatic heterocycles. The number of halogens is 2. The van der Waals surface area contributed by atoms with Gasteiger partial charge in [-0.1, -0.05) is 31.3 Å². The summed E-state index contributed by atoms with van der Waals surface area (Å²) in [7, 11) is -3.77. The van der Waals surface area contributed by atoms with Crippen LogP contribution in [0.5, 0.6) is 0 Å². The number of rotatable bonds is 9. The Morgan fingerprint density at radius 1 is 1.06 bits per heavy atom. The molecule has 0 aliphatic carbocycles. The zero-order chi connectivity index (χ0) is 25.9. The fourth-order valence-corrected chi connectivity index (χ4v) is 6.90. The summed E-state index contributed by atoms with van der Waals surface area (Å²) in [5.41, 5.74) is 0.248. The standard InChI is InChI=1S/C25H30F2N4O3S2/c1-3-29(4-2)16-17-31(25-28-23-21(27)6-5-7-22(23)35-25)24(32)18-12-14-30(15-13-18)36(33,34)20-10-8-19(26)9-11-20/h5-11,18H,3-4,12-17H2,1-2H3. The Kier molecular flexibility index (Phi) is 8.34. The van der Waals surface area contributed by atoms with E-state index in [1.54, 1.807) is 17.0 Å². The van der Waals surface area contributed by atoms with Crippen LogP contribution in [0, 0.1) is 17.6 Å². The second-order valence-corrected chi connectivity index (χ2v) is 11.7. The fraction of sp³-hybridized carbons (Fsp3) is 0.440. The number of thiazole rings is 1. The average molecular weight is 537 g/mol.